The number of nitrogens with two attached hydrogens (primary N) is 1. The summed E-state index contributed by atoms with van der Waals surface area (Å²) in [6.07, 6.45) is 4.74. The summed E-state index contributed by atoms with van der Waals surface area (Å²) in [5.41, 5.74) is 5.38. The van der Waals surface area contributed by atoms with Crippen molar-refractivity contribution in [3.63, 3.8) is 0 Å². The Morgan fingerprint density at radius 1 is 1.31 bits per heavy atom. The van der Waals surface area contributed by atoms with E-state index in [2.05, 4.69) is 11.8 Å². The van der Waals surface area contributed by atoms with Gasteiger partial charge in [0, 0.05) is 18.6 Å². The van der Waals surface area contributed by atoms with Crippen molar-refractivity contribution >= 4 is 5.91 Å². The van der Waals surface area contributed by atoms with Crippen LogP contribution < -0.4 is 5.73 Å². The number of likely N-dealkylation sites (tertiary alicyclic amines) is 1. The number of rotatable bonds is 2. The van der Waals surface area contributed by atoms with Gasteiger partial charge in [0.25, 0.3) is 0 Å². The molecule has 4 nitrogen and oxygen atoms in total. The van der Waals surface area contributed by atoms with Gasteiger partial charge in [-0.3, -0.25) is 9.69 Å². The van der Waals surface area contributed by atoms with Crippen LogP contribution >= 0.6 is 0 Å². The zero-order valence-corrected chi connectivity index (χ0v) is 9.93. The maximum Gasteiger partial charge on any atom is 0.221 e. The molecular weight excluding hydrogens is 204 g/mol. The Balaban J connectivity index is 2.03. The van der Waals surface area contributed by atoms with Gasteiger partial charge in [0.2, 0.25) is 5.91 Å². The van der Waals surface area contributed by atoms with E-state index in [0.29, 0.717) is 6.04 Å². The maximum absolute atomic E-state index is 11.2. The summed E-state index contributed by atoms with van der Waals surface area (Å²) in [7, 11) is 0. The zero-order valence-electron chi connectivity index (χ0n) is 9.93. The molecule has 1 heterocycles. The Kier molecular flexibility index (Phi) is 3.50. The lowest BCUT2D eigenvalue weighted by atomic mass is 9.91. The molecule has 4 atom stereocenters. The minimum Gasteiger partial charge on any atom is -0.391 e. The Morgan fingerprint density at radius 3 is 2.62 bits per heavy atom. The van der Waals surface area contributed by atoms with Gasteiger partial charge in [-0.2, -0.15) is 0 Å². The number of carbonyl (C=O) groups excluding carboxylic acids is 1. The molecule has 0 aromatic rings. The first-order valence-corrected chi connectivity index (χ1v) is 6.32. The molecule has 92 valence electrons. The molecule has 0 aromatic heterocycles. The number of primary amides is 1. The van der Waals surface area contributed by atoms with E-state index in [1.54, 1.807) is 0 Å². The van der Waals surface area contributed by atoms with E-state index in [0.717, 1.165) is 38.6 Å². The van der Waals surface area contributed by atoms with Gasteiger partial charge in [0.15, 0.2) is 0 Å². The molecule has 1 saturated carbocycles. The summed E-state index contributed by atoms with van der Waals surface area (Å²) in [4.78, 5) is 13.5. The molecule has 1 saturated heterocycles. The minimum atomic E-state index is -0.214. The molecule has 4 heteroatoms. The molecule has 0 radical (unpaired) electrons. The molecule has 16 heavy (non-hydrogen) atoms. The fourth-order valence-electron chi connectivity index (χ4n) is 3.14. The molecule has 1 aliphatic carbocycles. The van der Waals surface area contributed by atoms with Crippen molar-refractivity contribution in [3.8, 4) is 0 Å². The van der Waals surface area contributed by atoms with Crippen molar-refractivity contribution < 1.29 is 9.90 Å². The molecule has 0 spiro atoms. The average molecular weight is 226 g/mol. The quantitative estimate of drug-likeness (QED) is 0.720. The van der Waals surface area contributed by atoms with Crippen LogP contribution in [0, 0.1) is 5.92 Å². The zero-order chi connectivity index (χ0) is 11.7. The van der Waals surface area contributed by atoms with Crippen LogP contribution in [0.3, 0.4) is 0 Å². The van der Waals surface area contributed by atoms with Crippen LogP contribution in [0.2, 0.25) is 0 Å². The van der Waals surface area contributed by atoms with E-state index in [9.17, 15) is 9.90 Å². The lowest BCUT2D eigenvalue weighted by Crippen LogP contribution is -2.52. The van der Waals surface area contributed by atoms with E-state index in [1.165, 1.54) is 0 Å². The number of hydrogen-bond donors (Lipinski definition) is 2. The van der Waals surface area contributed by atoms with Gasteiger partial charge in [-0.05, 0) is 39.0 Å². The Hall–Kier alpha value is -0.610. The monoisotopic (exact) mass is 226 g/mol. The van der Waals surface area contributed by atoms with Gasteiger partial charge < -0.3 is 10.8 Å². The number of piperidine rings is 1. The smallest absolute Gasteiger partial charge is 0.221 e. The minimum absolute atomic E-state index is 0.0241. The molecule has 0 bridgehead atoms. The highest BCUT2D eigenvalue weighted by Gasteiger charge is 2.37. The van der Waals surface area contributed by atoms with Crippen LogP contribution in [0.25, 0.3) is 0 Å². The molecule has 1 amide bonds. The van der Waals surface area contributed by atoms with Crippen molar-refractivity contribution in [2.75, 3.05) is 6.54 Å². The molecular formula is C12H22N2O2. The molecule has 2 fully saturated rings. The van der Waals surface area contributed by atoms with Crippen LogP contribution in [-0.2, 0) is 4.79 Å². The normalized spacial score (nSPS) is 41.1. The molecule has 2 rings (SSSR count). The van der Waals surface area contributed by atoms with Crippen molar-refractivity contribution in [1.29, 1.82) is 0 Å². The van der Waals surface area contributed by atoms with E-state index >= 15 is 0 Å². The van der Waals surface area contributed by atoms with E-state index < -0.39 is 0 Å². The lowest BCUT2D eigenvalue weighted by Gasteiger charge is -2.41. The summed E-state index contributed by atoms with van der Waals surface area (Å²) in [6, 6.07) is 0.713. The topological polar surface area (TPSA) is 66.6 Å². The third kappa shape index (κ3) is 2.23. The van der Waals surface area contributed by atoms with Crippen molar-refractivity contribution in [1.82, 2.24) is 4.90 Å². The SMILES string of the molecule is CC1CCC(C(N)=O)CN1C1CCCC1O. The predicted molar refractivity (Wildman–Crippen MR) is 61.7 cm³/mol. The standard InChI is InChI=1S/C12H22N2O2/c1-8-5-6-9(12(13)16)7-14(8)10-3-2-4-11(10)15/h8-11,15H,2-7H2,1H3,(H2,13,16). The van der Waals surface area contributed by atoms with Crippen molar-refractivity contribution in [2.24, 2.45) is 11.7 Å². The third-order valence-electron chi connectivity index (χ3n) is 4.20. The Bertz CT molecular complexity index is 270. The van der Waals surface area contributed by atoms with Crippen LogP contribution in [0.4, 0.5) is 0 Å². The number of aliphatic hydroxyl groups excluding tert-OH is 1. The van der Waals surface area contributed by atoms with Gasteiger partial charge >= 0.3 is 0 Å². The van der Waals surface area contributed by atoms with Gasteiger partial charge in [-0.15, -0.1) is 0 Å². The molecule has 1 aliphatic heterocycles. The van der Waals surface area contributed by atoms with E-state index in [4.69, 9.17) is 5.73 Å². The maximum atomic E-state index is 11.2. The molecule has 4 unspecified atom stereocenters. The summed E-state index contributed by atoms with van der Waals surface area (Å²) >= 11 is 0. The first kappa shape index (κ1) is 11.9. The van der Waals surface area contributed by atoms with Crippen LogP contribution in [0.5, 0.6) is 0 Å². The molecule has 2 aliphatic rings. The first-order chi connectivity index (χ1) is 7.59. The highest BCUT2D eigenvalue weighted by atomic mass is 16.3. The fraction of sp³-hybridized carbons (Fsp3) is 0.917. The van der Waals surface area contributed by atoms with Gasteiger partial charge in [0.05, 0.1) is 12.0 Å². The summed E-state index contributed by atoms with van der Waals surface area (Å²) < 4.78 is 0. The number of nitrogens with zero attached hydrogens (tertiary/aromatic N) is 1. The molecule has 3 N–H and O–H groups in total. The van der Waals surface area contributed by atoms with Crippen molar-refractivity contribution in [2.45, 2.75) is 57.2 Å². The Labute approximate surface area is 96.8 Å². The van der Waals surface area contributed by atoms with E-state index in [-0.39, 0.29) is 24.0 Å². The number of carbonyl (C=O) groups is 1. The fourth-order valence-corrected chi connectivity index (χ4v) is 3.14. The third-order valence-corrected chi connectivity index (χ3v) is 4.20. The van der Waals surface area contributed by atoms with Gasteiger partial charge in [-0.1, -0.05) is 0 Å². The predicted octanol–water partition coefficient (Wildman–Crippen LogP) is 0.486. The largest absolute Gasteiger partial charge is 0.391 e. The number of amides is 1. The van der Waals surface area contributed by atoms with Crippen LogP contribution in [0.1, 0.15) is 39.0 Å². The van der Waals surface area contributed by atoms with Gasteiger partial charge in [0.1, 0.15) is 0 Å². The first-order valence-electron chi connectivity index (χ1n) is 6.32. The van der Waals surface area contributed by atoms with Crippen molar-refractivity contribution in [3.05, 3.63) is 0 Å². The highest BCUT2D eigenvalue weighted by Crippen LogP contribution is 2.31. The summed E-state index contributed by atoms with van der Waals surface area (Å²) in [6.45, 7) is 2.92. The van der Waals surface area contributed by atoms with Crippen LogP contribution in [0.15, 0.2) is 0 Å². The summed E-state index contributed by atoms with van der Waals surface area (Å²) in [5.74, 6) is -0.214. The lowest BCUT2D eigenvalue weighted by molar-refractivity contribution is -0.124. The molecule has 0 aromatic carbocycles. The second-order valence-corrected chi connectivity index (χ2v) is 5.29. The Morgan fingerprint density at radius 2 is 2.06 bits per heavy atom. The van der Waals surface area contributed by atoms with Gasteiger partial charge in [-0.25, -0.2) is 0 Å². The second-order valence-electron chi connectivity index (χ2n) is 5.29. The number of aliphatic hydroxyl groups is 1. The second kappa shape index (κ2) is 4.72. The number of hydrogen-bond acceptors (Lipinski definition) is 3. The highest BCUT2D eigenvalue weighted by molar-refractivity contribution is 5.77. The summed E-state index contributed by atoms with van der Waals surface area (Å²) in [5, 5.41) is 9.93. The van der Waals surface area contributed by atoms with Crippen LogP contribution in [-0.4, -0.2) is 40.6 Å². The van der Waals surface area contributed by atoms with E-state index in [1.807, 2.05) is 0 Å². The average Bonchev–Trinajstić information content (AvgIpc) is 2.65.